The van der Waals surface area contributed by atoms with Crippen LogP contribution in [0.2, 0.25) is 0 Å². The Balaban J connectivity index is 1.52. The smallest absolute Gasteiger partial charge is 0.0313 e. The Morgan fingerprint density at radius 2 is 1.67 bits per heavy atom. The predicted molar refractivity (Wildman–Crippen MR) is 102 cm³/mol. The number of hydrogen-bond acceptors (Lipinski definition) is 3. The summed E-state index contributed by atoms with van der Waals surface area (Å²) in [5.74, 6) is 0. The van der Waals surface area contributed by atoms with Crippen molar-refractivity contribution < 1.29 is 0 Å². The minimum absolute atomic E-state index is 0.484. The summed E-state index contributed by atoms with van der Waals surface area (Å²) in [5.41, 5.74) is 2.87. The van der Waals surface area contributed by atoms with Crippen LogP contribution < -0.4 is 0 Å². The van der Waals surface area contributed by atoms with Gasteiger partial charge in [0.1, 0.15) is 0 Å². The Morgan fingerprint density at radius 1 is 0.958 bits per heavy atom. The molecule has 2 fully saturated rings. The number of nitrogens with zero attached hydrogens (tertiary/aromatic N) is 3. The van der Waals surface area contributed by atoms with E-state index in [1.54, 1.807) is 0 Å². The second kappa shape index (κ2) is 8.46. The molecule has 2 aliphatic rings. The number of benzene rings is 1. The molecule has 0 bridgehead atoms. The average Bonchev–Trinajstić information content (AvgIpc) is 3.02. The molecule has 1 saturated heterocycles. The Hall–Kier alpha value is -0.900. The summed E-state index contributed by atoms with van der Waals surface area (Å²) < 4.78 is 0. The van der Waals surface area contributed by atoms with Gasteiger partial charge in [-0.2, -0.15) is 0 Å². The molecule has 24 heavy (non-hydrogen) atoms. The Labute approximate surface area is 148 Å². The summed E-state index contributed by atoms with van der Waals surface area (Å²) in [5, 5.41) is 0. The molecule has 1 atom stereocenters. The van der Waals surface area contributed by atoms with Crippen molar-refractivity contribution >= 4 is 0 Å². The molecule has 0 spiro atoms. The maximum absolute atomic E-state index is 2.77. The third-order valence-electron chi connectivity index (χ3n) is 6.11. The van der Waals surface area contributed by atoms with Gasteiger partial charge in [-0.1, -0.05) is 37.1 Å². The highest BCUT2D eigenvalue weighted by Crippen LogP contribution is 2.24. The van der Waals surface area contributed by atoms with E-state index in [9.17, 15) is 0 Å². The van der Waals surface area contributed by atoms with Crippen molar-refractivity contribution in [2.24, 2.45) is 0 Å². The summed E-state index contributed by atoms with van der Waals surface area (Å²) in [6, 6.07) is 10.6. The summed E-state index contributed by atoms with van der Waals surface area (Å²) in [6.07, 6.45) is 7.09. The Kier molecular flexibility index (Phi) is 6.31. The van der Waals surface area contributed by atoms with Crippen LogP contribution in [0, 0.1) is 0 Å². The van der Waals surface area contributed by atoms with E-state index < -0.39 is 0 Å². The van der Waals surface area contributed by atoms with Gasteiger partial charge in [0.2, 0.25) is 0 Å². The highest BCUT2D eigenvalue weighted by molar-refractivity contribution is 5.24. The van der Waals surface area contributed by atoms with Crippen LogP contribution in [0.3, 0.4) is 0 Å². The van der Waals surface area contributed by atoms with E-state index >= 15 is 0 Å². The molecule has 0 N–H and O–H groups in total. The van der Waals surface area contributed by atoms with Gasteiger partial charge in [0.05, 0.1) is 0 Å². The van der Waals surface area contributed by atoms with Gasteiger partial charge in [-0.3, -0.25) is 9.80 Å². The zero-order chi connectivity index (χ0) is 16.9. The molecule has 1 aliphatic carbocycles. The Morgan fingerprint density at radius 3 is 2.33 bits per heavy atom. The predicted octanol–water partition coefficient (Wildman–Crippen LogP) is 3.76. The van der Waals surface area contributed by atoms with Crippen LogP contribution in [0.4, 0.5) is 0 Å². The van der Waals surface area contributed by atoms with Gasteiger partial charge in [0.15, 0.2) is 0 Å². The van der Waals surface area contributed by atoms with E-state index in [1.807, 2.05) is 0 Å². The quantitative estimate of drug-likeness (QED) is 0.814. The van der Waals surface area contributed by atoms with Crippen LogP contribution in [0.1, 0.15) is 56.2 Å². The fourth-order valence-electron chi connectivity index (χ4n) is 4.24. The van der Waals surface area contributed by atoms with Crippen molar-refractivity contribution in [2.45, 2.75) is 57.7 Å². The summed E-state index contributed by atoms with van der Waals surface area (Å²) in [6.45, 7) is 8.42. The normalized spacial score (nSPS) is 22.8. The van der Waals surface area contributed by atoms with Crippen molar-refractivity contribution in [3.8, 4) is 0 Å². The molecule has 0 amide bonds. The van der Waals surface area contributed by atoms with E-state index in [0.717, 1.165) is 12.6 Å². The molecular formula is C21H35N3. The molecule has 134 valence electrons. The van der Waals surface area contributed by atoms with Crippen LogP contribution in [-0.4, -0.2) is 61.0 Å². The first-order valence-corrected chi connectivity index (χ1v) is 9.85. The maximum atomic E-state index is 2.77. The molecule has 0 aromatic heterocycles. The van der Waals surface area contributed by atoms with Gasteiger partial charge in [0.25, 0.3) is 0 Å². The molecule has 1 aromatic carbocycles. The first-order chi connectivity index (χ1) is 11.6. The second-order valence-corrected chi connectivity index (χ2v) is 7.99. The molecule has 0 radical (unpaired) electrons. The lowest BCUT2D eigenvalue weighted by Crippen LogP contribution is -2.36. The molecule has 3 rings (SSSR count). The standard InChI is InChI=1S/C21H35N3/c1-18(22(2)3)20-11-9-19(10-12-20)17-23-13-6-14-24(16-15-23)21-7-4-5-8-21/h9-12,18,21H,4-8,13-17H2,1-3H3. The molecule has 3 nitrogen and oxygen atoms in total. The largest absolute Gasteiger partial charge is 0.303 e. The van der Waals surface area contributed by atoms with Crippen molar-refractivity contribution in [1.82, 2.24) is 14.7 Å². The van der Waals surface area contributed by atoms with Crippen molar-refractivity contribution in [3.63, 3.8) is 0 Å². The molecule has 1 heterocycles. The fourth-order valence-corrected chi connectivity index (χ4v) is 4.24. The first-order valence-electron chi connectivity index (χ1n) is 9.85. The molecular weight excluding hydrogens is 294 g/mol. The van der Waals surface area contributed by atoms with Gasteiger partial charge in [-0.25, -0.2) is 0 Å². The summed E-state index contributed by atoms with van der Waals surface area (Å²) in [4.78, 5) is 7.69. The lowest BCUT2D eigenvalue weighted by molar-refractivity contribution is 0.198. The third kappa shape index (κ3) is 4.59. The Bertz CT molecular complexity index is 490. The molecule has 1 unspecified atom stereocenters. The van der Waals surface area contributed by atoms with Crippen LogP contribution >= 0.6 is 0 Å². The molecule has 3 heteroatoms. The maximum Gasteiger partial charge on any atom is 0.0313 e. The van der Waals surface area contributed by atoms with Crippen molar-refractivity contribution in [3.05, 3.63) is 35.4 Å². The molecule has 1 aromatic rings. The fraction of sp³-hybridized carbons (Fsp3) is 0.714. The SMILES string of the molecule is CC(c1ccc(CN2CCCN(C3CCCC3)CC2)cc1)N(C)C. The summed E-state index contributed by atoms with van der Waals surface area (Å²) in [7, 11) is 4.29. The summed E-state index contributed by atoms with van der Waals surface area (Å²) >= 11 is 0. The van der Waals surface area contributed by atoms with Crippen LogP contribution in [-0.2, 0) is 6.54 Å². The van der Waals surface area contributed by atoms with Crippen molar-refractivity contribution in [2.75, 3.05) is 40.3 Å². The minimum atomic E-state index is 0.484. The highest BCUT2D eigenvalue weighted by Gasteiger charge is 2.24. The van der Waals surface area contributed by atoms with E-state index in [1.165, 1.54) is 69.4 Å². The average molecular weight is 330 g/mol. The second-order valence-electron chi connectivity index (χ2n) is 7.99. The monoisotopic (exact) mass is 329 g/mol. The van der Waals surface area contributed by atoms with Gasteiger partial charge >= 0.3 is 0 Å². The van der Waals surface area contributed by atoms with Crippen molar-refractivity contribution in [1.29, 1.82) is 0 Å². The molecule has 1 aliphatic heterocycles. The van der Waals surface area contributed by atoms with E-state index in [2.05, 4.69) is 60.0 Å². The van der Waals surface area contributed by atoms with Gasteiger partial charge in [-0.05, 0) is 64.5 Å². The van der Waals surface area contributed by atoms with Gasteiger partial charge in [0, 0.05) is 31.7 Å². The van der Waals surface area contributed by atoms with E-state index in [-0.39, 0.29) is 0 Å². The van der Waals surface area contributed by atoms with Crippen LogP contribution in [0.15, 0.2) is 24.3 Å². The number of hydrogen-bond donors (Lipinski definition) is 0. The molecule has 1 saturated carbocycles. The first kappa shape index (κ1) is 17.9. The lowest BCUT2D eigenvalue weighted by atomic mass is 10.1. The number of rotatable bonds is 5. The topological polar surface area (TPSA) is 9.72 Å². The van der Waals surface area contributed by atoms with Crippen LogP contribution in [0.25, 0.3) is 0 Å². The van der Waals surface area contributed by atoms with Gasteiger partial charge < -0.3 is 4.90 Å². The zero-order valence-corrected chi connectivity index (χ0v) is 15.9. The van der Waals surface area contributed by atoms with E-state index in [4.69, 9.17) is 0 Å². The highest BCUT2D eigenvalue weighted by atomic mass is 15.2. The lowest BCUT2D eigenvalue weighted by Gasteiger charge is -2.27. The van der Waals surface area contributed by atoms with Gasteiger partial charge in [-0.15, -0.1) is 0 Å². The van der Waals surface area contributed by atoms with Crippen LogP contribution in [0.5, 0.6) is 0 Å². The minimum Gasteiger partial charge on any atom is -0.303 e. The third-order valence-corrected chi connectivity index (χ3v) is 6.11. The zero-order valence-electron chi connectivity index (χ0n) is 15.9. The van der Waals surface area contributed by atoms with E-state index in [0.29, 0.717) is 6.04 Å².